The summed E-state index contributed by atoms with van der Waals surface area (Å²) in [7, 11) is 1.47. The van der Waals surface area contributed by atoms with Gasteiger partial charge in [0.05, 0.1) is 23.8 Å². The number of halogens is 1. The predicted octanol–water partition coefficient (Wildman–Crippen LogP) is 2.55. The lowest BCUT2D eigenvalue weighted by atomic mass is 10.2. The summed E-state index contributed by atoms with van der Waals surface area (Å²) in [4.78, 5) is 36.8. The van der Waals surface area contributed by atoms with Gasteiger partial charge >= 0.3 is 5.97 Å². The molecule has 0 saturated carbocycles. The largest absolute Gasteiger partial charge is 0.493 e. The molecular weight excluding hydrogens is 394 g/mol. The molecule has 136 valence electrons. The Kier molecular flexibility index (Phi) is 6.81. The van der Waals surface area contributed by atoms with E-state index in [1.165, 1.54) is 13.2 Å². The zero-order valence-corrected chi connectivity index (χ0v) is 15.8. The third-order valence-electron chi connectivity index (χ3n) is 3.62. The highest BCUT2D eigenvalue weighted by atomic mass is 79.9. The molecule has 1 aliphatic rings. The number of hydrogen-bond donors (Lipinski definition) is 0. The number of esters is 1. The first-order valence-corrected chi connectivity index (χ1v) is 8.77. The first-order valence-electron chi connectivity index (χ1n) is 7.98. The molecule has 0 bridgehead atoms. The number of rotatable bonds is 7. The van der Waals surface area contributed by atoms with Gasteiger partial charge in [-0.1, -0.05) is 6.92 Å². The fraction of sp³-hybridized carbons (Fsp3) is 0.471. The van der Waals surface area contributed by atoms with E-state index in [-0.39, 0.29) is 11.5 Å². The van der Waals surface area contributed by atoms with Gasteiger partial charge in [-0.3, -0.25) is 14.5 Å². The van der Waals surface area contributed by atoms with E-state index in [2.05, 4.69) is 15.9 Å². The minimum atomic E-state index is -0.680. The van der Waals surface area contributed by atoms with E-state index < -0.39 is 18.5 Å². The molecule has 0 N–H and O–H groups in total. The number of benzene rings is 1. The predicted molar refractivity (Wildman–Crippen MR) is 92.7 cm³/mol. The minimum Gasteiger partial charge on any atom is -0.493 e. The Morgan fingerprint density at radius 1 is 1.32 bits per heavy atom. The molecule has 0 spiro atoms. The fourth-order valence-corrected chi connectivity index (χ4v) is 2.94. The maximum absolute atomic E-state index is 12.2. The molecule has 8 heteroatoms. The minimum absolute atomic E-state index is 0.216. The topological polar surface area (TPSA) is 82.1 Å². The summed E-state index contributed by atoms with van der Waals surface area (Å²) in [6, 6.07) is 3.03. The van der Waals surface area contributed by atoms with Gasteiger partial charge < -0.3 is 14.2 Å². The standard InChI is InChI=1S/C17H20BrNO6/c1-3-7-24-16-12(18)8-11(9-13(16)23-2)17(22)25-10-15(21)19-6-4-5-14(19)20/h8-9H,3-7,10H2,1-2H3. The lowest BCUT2D eigenvalue weighted by Crippen LogP contribution is -2.35. The summed E-state index contributed by atoms with van der Waals surface area (Å²) < 4.78 is 16.4. The summed E-state index contributed by atoms with van der Waals surface area (Å²) in [5, 5.41) is 0. The smallest absolute Gasteiger partial charge is 0.338 e. The van der Waals surface area contributed by atoms with E-state index >= 15 is 0 Å². The van der Waals surface area contributed by atoms with Crippen molar-refractivity contribution in [2.75, 3.05) is 26.9 Å². The molecule has 1 aliphatic heterocycles. The van der Waals surface area contributed by atoms with Gasteiger partial charge in [0.15, 0.2) is 18.1 Å². The molecule has 1 aromatic carbocycles. The molecule has 1 heterocycles. The van der Waals surface area contributed by atoms with Crippen molar-refractivity contribution in [2.45, 2.75) is 26.2 Å². The lowest BCUT2D eigenvalue weighted by molar-refractivity contribution is -0.143. The van der Waals surface area contributed by atoms with Crippen molar-refractivity contribution in [1.29, 1.82) is 0 Å². The van der Waals surface area contributed by atoms with Crippen molar-refractivity contribution in [3.8, 4) is 11.5 Å². The molecule has 1 aromatic rings. The van der Waals surface area contributed by atoms with Crippen molar-refractivity contribution in [1.82, 2.24) is 4.90 Å². The van der Waals surface area contributed by atoms with Crippen molar-refractivity contribution in [2.24, 2.45) is 0 Å². The molecule has 0 unspecified atom stereocenters. The van der Waals surface area contributed by atoms with Gasteiger partial charge in [-0.25, -0.2) is 4.79 Å². The zero-order valence-electron chi connectivity index (χ0n) is 14.2. The molecule has 0 aliphatic carbocycles. The molecular formula is C17H20BrNO6. The SMILES string of the molecule is CCCOc1c(Br)cc(C(=O)OCC(=O)N2CCCC2=O)cc1OC. The third-order valence-corrected chi connectivity index (χ3v) is 4.21. The summed E-state index contributed by atoms with van der Waals surface area (Å²) in [6.45, 7) is 2.39. The maximum Gasteiger partial charge on any atom is 0.338 e. The highest BCUT2D eigenvalue weighted by Crippen LogP contribution is 2.37. The van der Waals surface area contributed by atoms with Crippen LogP contribution in [0.3, 0.4) is 0 Å². The Bertz CT molecular complexity index is 675. The number of imide groups is 1. The molecule has 0 radical (unpaired) electrons. The number of ether oxygens (including phenoxy) is 3. The number of nitrogens with zero attached hydrogens (tertiary/aromatic N) is 1. The summed E-state index contributed by atoms with van der Waals surface area (Å²) in [5.41, 5.74) is 0.216. The average Bonchev–Trinajstić information content (AvgIpc) is 3.03. The average molecular weight is 414 g/mol. The van der Waals surface area contributed by atoms with E-state index in [9.17, 15) is 14.4 Å². The second kappa shape index (κ2) is 8.84. The molecule has 1 fully saturated rings. The Labute approximate surface area is 154 Å². The van der Waals surface area contributed by atoms with E-state index in [0.717, 1.165) is 11.3 Å². The number of likely N-dealkylation sites (tertiary alicyclic amines) is 1. The summed E-state index contributed by atoms with van der Waals surface area (Å²) in [5.74, 6) is -0.538. The van der Waals surface area contributed by atoms with Crippen molar-refractivity contribution >= 4 is 33.7 Å². The monoisotopic (exact) mass is 413 g/mol. The number of amides is 2. The maximum atomic E-state index is 12.2. The van der Waals surface area contributed by atoms with Gasteiger partial charge in [0.25, 0.3) is 5.91 Å². The quantitative estimate of drug-likeness (QED) is 0.638. The molecule has 0 atom stereocenters. The fourth-order valence-electron chi connectivity index (χ4n) is 2.38. The van der Waals surface area contributed by atoms with Crippen LogP contribution in [-0.4, -0.2) is 49.6 Å². The highest BCUT2D eigenvalue weighted by molar-refractivity contribution is 9.10. The number of hydrogen-bond acceptors (Lipinski definition) is 6. The van der Waals surface area contributed by atoms with Crippen LogP contribution in [-0.2, 0) is 14.3 Å². The van der Waals surface area contributed by atoms with Crippen molar-refractivity contribution in [3.63, 3.8) is 0 Å². The van der Waals surface area contributed by atoms with Gasteiger partial charge in [0.2, 0.25) is 5.91 Å². The van der Waals surface area contributed by atoms with Crippen molar-refractivity contribution < 1.29 is 28.6 Å². The van der Waals surface area contributed by atoms with E-state index in [1.54, 1.807) is 6.07 Å². The normalized spacial score (nSPS) is 13.7. The van der Waals surface area contributed by atoms with Crippen LogP contribution >= 0.6 is 15.9 Å². The Morgan fingerprint density at radius 3 is 2.68 bits per heavy atom. The van der Waals surface area contributed by atoms with Crippen LogP contribution in [0.15, 0.2) is 16.6 Å². The summed E-state index contributed by atoms with van der Waals surface area (Å²) >= 11 is 3.35. The second-order valence-electron chi connectivity index (χ2n) is 5.46. The zero-order chi connectivity index (χ0) is 18.4. The van der Waals surface area contributed by atoms with Crippen LogP contribution in [0.4, 0.5) is 0 Å². The lowest BCUT2D eigenvalue weighted by Gasteiger charge is -2.15. The Balaban J connectivity index is 2.04. The number of carbonyl (C=O) groups excluding carboxylic acids is 3. The van der Waals surface area contributed by atoms with Crippen LogP contribution in [0.1, 0.15) is 36.5 Å². The van der Waals surface area contributed by atoms with Gasteiger partial charge in [-0.2, -0.15) is 0 Å². The second-order valence-corrected chi connectivity index (χ2v) is 6.31. The van der Waals surface area contributed by atoms with Crippen LogP contribution < -0.4 is 9.47 Å². The van der Waals surface area contributed by atoms with Crippen LogP contribution in [0.5, 0.6) is 11.5 Å². The van der Waals surface area contributed by atoms with Gasteiger partial charge in [0, 0.05) is 13.0 Å². The molecule has 7 nitrogen and oxygen atoms in total. The first-order chi connectivity index (χ1) is 12.0. The number of carbonyl (C=O) groups is 3. The molecule has 25 heavy (non-hydrogen) atoms. The van der Waals surface area contributed by atoms with E-state index in [4.69, 9.17) is 14.2 Å². The highest BCUT2D eigenvalue weighted by Gasteiger charge is 2.27. The van der Waals surface area contributed by atoms with Crippen molar-refractivity contribution in [3.05, 3.63) is 22.2 Å². The molecule has 2 rings (SSSR count). The first kappa shape index (κ1) is 19.2. The number of methoxy groups -OCH3 is 1. The van der Waals surface area contributed by atoms with E-state index in [0.29, 0.717) is 42.0 Å². The summed E-state index contributed by atoms with van der Waals surface area (Å²) in [6.07, 6.45) is 1.82. The van der Waals surface area contributed by atoms with Crippen LogP contribution in [0.2, 0.25) is 0 Å². The van der Waals surface area contributed by atoms with E-state index in [1.807, 2.05) is 6.92 Å². The molecule has 0 aromatic heterocycles. The molecule has 1 saturated heterocycles. The van der Waals surface area contributed by atoms with Gasteiger partial charge in [0.1, 0.15) is 0 Å². The van der Waals surface area contributed by atoms with Crippen LogP contribution in [0, 0.1) is 0 Å². The van der Waals surface area contributed by atoms with Gasteiger partial charge in [-0.05, 0) is 40.9 Å². The molecule has 2 amide bonds. The third kappa shape index (κ3) is 4.72. The Hall–Kier alpha value is -2.09. The van der Waals surface area contributed by atoms with Crippen LogP contribution in [0.25, 0.3) is 0 Å². The Morgan fingerprint density at radius 2 is 2.08 bits per heavy atom. The van der Waals surface area contributed by atoms with Gasteiger partial charge in [-0.15, -0.1) is 0 Å².